The van der Waals surface area contributed by atoms with E-state index in [9.17, 15) is 0 Å². The molecule has 2 aromatic rings. The number of benzene rings is 1. The Kier molecular flexibility index (Phi) is 3.43. The molecule has 2 fully saturated rings. The molecular formula is C17H22ClN3. The number of nitrogens with zero attached hydrogens (tertiary/aromatic N) is 2. The van der Waals surface area contributed by atoms with E-state index >= 15 is 0 Å². The van der Waals surface area contributed by atoms with Crippen LogP contribution in [0.25, 0.3) is 11.0 Å². The SMILES string of the molecule is CCC1CCNC(c2nc3ccc(Cl)cc3n2C2CC2)C1. The molecule has 1 aliphatic heterocycles. The highest BCUT2D eigenvalue weighted by atomic mass is 35.5. The molecular weight excluding hydrogens is 282 g/mol. The van der Waals surface area contributed by atoms with Crippen LogP contribution in [0, 0.1) is 5.92 Å². The van der Waals surface area contributed by atoms with Gasteiger partial charge in [-0.05, 0) is 56.3 Å². The number of nitrogens with one attached hydrogen (secondary N) is 1. The average Bonchev–Trinajstić information content (AvgIpc) is 3.28. The van der Waals surface area contributed by atoms with Crippen molar-refractivity contribution in [1.29, 1.82) is 0 Å². The molecule has 2 heterocycles. The fraction of sp³-hybridized carbons (Fsp3) is 0.588. The predicted molar refractivity (Wildman–Crippen MR) is 86.8 cm³/mol. The molecule has 2 atom stereocenters. The summed E-state index contributed by atoms with van der Waals surface area (Å²) in [6.07, 6.45) is 6.32. The summed E-state index contributed by atoms with van der Waals surface area (Å²) in [5, 5.41) is 4.49. The monoisotopic (exact) mass is 303 g/mol. The standard InChI is InChI=1S/C17H22ClN3/c1-2-11-7-8-19-15(9-11)17-20-14-6-3-12(18)10-16(14)21(17)13-4-5-13/h3,6,10-11,13,15,19H,2,4-5,7-9H2,1H3. The van der Waals surface area contributed by atoms with Crippen LogP contribution in [0.2, 0.25) is 5.02 Å². The molecule has 4 rings (SSSR count). The van der Waals surface area contributed by atoms with E-state index < -0.39 is 0 Å². The van der Waals surface area contributed by atoms with Gasteiger partial charge in [0.2, 0.25) is 0 Å². The Bertz CT molecular complexity index is 659. The van der Waals surface area contributed by atoms with E-state index in [1.807, 2.05) is 6.07 Å². The number of hydrogen-bond acceptors (Lipinski definition) is 2. The van der Waals surface area contributed by atoms with Crippen molar-refractivity contribution in [3.8, 4) is 0 Å². The molecule has 21 heavy (non-hydrogen) atoms. The van der Waals surface area contributed by atoms with E-state index in [4.69, 9.17) is 16.6 Å². The maximum atomic E-state index is 6.20. The zero-order chi connectivity index (χ0) is 14.4. The molecule has 0 amide bonds. The largest absolute Gasteiger partial charge is 0.323 e. The first kappa shape index (κ1) is 13.6. The van der Waals surface area contributed by atoms with Crippen LogP contribution in [0.4, 0.5) is 0 Å². The van der Waals surface area contributed by atoms with Crippen LogP contribution >= 0.6 is 11.6 Å². The second-order valence-electron chi connectivity index (χ2n) is 6.51. The molecule has 0 radical (unpaired) electrons. The van der Waals surface area contributed by atoms with Crippen LogP contribution in [-0.4, -0.2) is 16.1 Å². The Balaban J connectivity index is 1.78. The number of aromatic nitrogens is 2. The molecule has 1 saturated carbocycles. The quantitative estimate of drug-likeness (QED) is 0.906. The maximum Gasteiger partial charge on any atom is 0.127 e. The lowest BCUT2D eigenvalue weighted by Crippen LogP contribution is -2.33. The second-order valence-corrected chi connectivity index (χ2v) is 6.95. The molecule has 0 bridgehead atoms. The van der Waals surface area contributed by atoms with Crippen LogP contribution in [0.15, 0.2) is 18.2 Å². The first-order valence-electron chi connectivity index (χ1n) is 8.17. The summed E-state index contributed by atoms with van der Waals surface area (Å²) in [4.78, 5) is 4.95. The van der Waals surface area contributed by atoms with Crippen LogP contribution < -0.4 is 5.32 Å². The number of piperidine rings is 1. The molecule has 1 aromatic carbocycles. The van der Waals surface area contributed by atoms with Gasteiger partial charge in [0, 0.05) is 11.1 Å². The Hall–Kier alpha value is -1.06. The van der Waals surface area contributed by atoms with E-state index in [1.165, 1.54) is 43.4 Å². The van der Waals surface area contributed by atoms with Gasteiger partial charge in [0.25, 0.3) is 0 Å². The third kappa shape index (κ3) is 2.47. The molecule has 1 aliphatic carbocycles. The minimum absolute atomic E-state index is 0.399. The van der Waals surface area contributed by atoms with Crippen LogP contribution in [0.3, 0.4) is 0 Å². The summed E-state index contributed by atoms with van der Waals surface area (Å²) < 4.78 is 2.46. The summed E-state index contributed by atoms with van der Waals surface area (Å²) in [5.41, 5.74) is 2.29. The number of hydrogen-bond donors (Lipinski definition) is 1. The zero-order valence-electron chi connectivity index (χ0n) is 12.5. The van der Waals surface area contributed by atoms with Crippen molar-refractivity contribution in [1.82, 2.24) is 14.9 Å². The van der Waals surface area contributed by atoms with E-state index in [-0.39, 0.29) is 0 Å². The fourth-order valence-corrected chi connectivity index (χ4v) is 3.78. The normalized spacial score (nSPS) is 26.4. The lowest BCUT2D eigenvalue weighted by Gasteiger charge is -2.29. The van der Waals surface area contributed by atoms with Crippen molar-refractivity contribution in [2.75, 3.05) is 6.54 Å². The van der Waals surface area contributed by atoms with Gasteiger partial charge in [-0.2, -0.15) is 0 Å². The Morgan fingerprint density at radius 1 is 1.33 bits per heavy atom. The van der Waals surface area contributed by atoms with Crippen molar-refractivity contribution in [2.45, 2.75) is 51.1 Å². The Morgan fingerprint density at radius 2 is 2.19 bits per heavy atom. The molecule has 2 unspecified atom stereocenters. The highest BCUT2D eigenvalue weighted by Gasteiger charge is 2.32. The third-order valence-electron chi connectivity index (χ3n) is 4.99. The second kappa shape index (κ2) is 5.29. The van der Waals surface area contributed by atoms with Gasteiger partial charge in [-0.3, -0.25) is 0 Å². The molecule has 3 nitrogen and oxygen atoms in total. The van der Waals surface area contributed by atoms with Crippen molar-refractivity contribution in [3.05, 3.63) is 29.0 Å². The maximum absolute atomic E-state index is 6.20. The first-order chi connectivity index (χ1) is 10.3. The summed E-state index contributed by atoms with van der Waals surface area (Å²) >= 11 is 6.20. The number of halogens is 1. The molecule has 1 saturated heterocycles. The zero-order valence-corrected chi connectivity index (χ0v) is 13.2. The average molecular weight is 304 g/mol. The predicted octanol–water partition coefficient (Wildman–Crippen LogP) is 4.48. The number of rotatable bonds is 3. The third-order valence-corrected chi connectivity index (χ3v) is 5.23. The van der Waals surface area contributed by atoms with Crippen molar-refractivity contribution in [3.63, 3.8) is 0 Å². The summed E-state index contributed by atoms with van der Waals surface area (Å²) in [5.74, 6) is 2.06. The fourth-order valence-electron chi connectivity index (χ4n) is 3.61. The van der Waals surface area contributed by atoms with Gasteiger partial charge in [-0.15, -0.1) is 0 Å². The van der Waals surface area contributed by atoms with Gasteiger partial charge in [0.05, 0.1) is 17.1 Å². The van der Waals surface area contributed by atoms with E-state index in [1.54, 1.807) is 0 Å². The van der Waals surface area contributed by atoms with Gasteiger partial charge in [-0.1, -0.05) is 24.9 Å². The van der Waals surface area contributed by atoms with Crippen molar-refractivity contribution < 1.29 is 0 Å². The lowest BCUT2D eigenvalue weighted by molar-refractivity contribution is 0.287. The smallest absolute Gasteiger partial charge is 0.127 e. The summed E-state index contributed by atoms with van der Waals surface area (Å²) in [6, 6.07) is 7.11. The highest BCUT2D eigenvalue weighted by molar-refractivity contribution is 6.31. The first-order valence-corrected chi connectivity index (χ1v) is 8.55. The van der Waals surface area contributed by atoms with Crippen molar-refractivity contribution in [2.24, 2.45) is 5.92 Å². The van der Waals surface area contributed by atoms with Crippen LogP contribution in [-0.2, 0) is 0 Å². The Labute approximate surface area is 130 Å². The van der Waals surface area contributed by atoms with Gasteiger partial charge in [0.15, 0.2) is 0 Å². The lowest BCUT2D eigenvalue weighted by atomic mass is 9.90. The molecule has 112 valence electrons. The van der Waals surface area contributed by atoms with E-state index in [2.05, 4.69) is 28.9 Å². The molecule has 4 heteroatoms. The minimum Gasteiger partial charge on any atom is -0.323 e. The summed E-state index contributed by atoms with van der Waals surface area (Å²) in [6.45, 7) is 3.41. The molecule has 2 aliphatic rings. The van der Waals surface area contributed by atoms with Crippen molar-refractivity contribution >= 4 is 22.6 Å². The molecule has 0 spiro atoms. The molecule has 1 N–H and O–H groups in total. The van der Waals surface area contributed by atoms with Gasteiger partial charge in [-0.25, -0.2) is 4.98 Å². The van der Waals surface area contributed by atoms with E-state index in [0.717, 1.165) is 23.0 Å². The minimum atomic E-state index is 0.399. The number of imidazole rings is 1. The molecule has 1 aromatic heterocycles. The van der Waals surface area contributed by atoms with Crippen LogP contribution in [0.5, 0.6) is 0 Å². The van der Waals surface area contributed by atoms with Gasteiger partial charge in [0.1, 0.15) is 5.82 Å². The van der Waals surface area contributed by atoms with Gasteiger partial charge < -0.3 is 9.88 Å². The Morgan fingerprint density at radius 3 is 2.95 bits per heavy atom. The highest BCUT2D eigenvalue weighted by Crippen LogP contribution is 2.42. The summed E-state index contributed by atoms with van der Waals surface area (Å²) in [7, 11) is 0. The number of fused-ring (bicyclic) bond motifs is 1. The van der Waals surface area contributed by atoms with E-state index in [0.29, 0.717) is 12.1 Å². The van der Waals surface area contributed by atoms with Gasteiger partial charge >= 0.3 is 0 Å². The topological polar surface area (TPSA) is 29.9 Å². The van der Waals surface area contributed by atoms with Crippen LogP contribution in [0.1, 0.15) is 56.9 Å².